The van der Waals surface area contributed by atoms with Crippen LogP contribution in [-0.2, 0) is 11.8 Å². The van der Waals surface area contributed by atoms with Gasteiger partial charge in [0.25, 0.3) is 5.91 Å². The Morgan fingerprint density at radius 2 is 2.14 bits per heavy atom. The topological polar surface area (TPSA) is 102 Å². The minimum Gasteiger partial charge on any atom is -0.467 e. The van der Waals surface area contributed by atoms with Gasteiger partial charge in [-0.1, -0.05) is 12.1 Å². The Bertz CT molecular complexity index is 1210. The first-order valence-electron chi connectivity index (χ1n) is 9.05. The first-order valence-corrected chi connectivity index (χ1v) is 9.05. The van der Waals surface area contributed by atoms with Crippen LogP contribution in [0.15, 0.2) is 64.1 Å². The van der Waals surface area contributed by atoms with Crippen LogP contribution >= 0.6 is 0 Å². The van der Waals surface area contributed by atoms with Crippen molar-refractivity contribution in [3.05, 3.63) is 76.7 Å². The van der Waals surface area contributed by atoms with Crippen LogP contribution in [0.4, 0.5) is 0 Å². The van der Waals surface area contributed by atoms with Crippen LogP contribution in [0.5, 0.6) is 0 Å². The monoisotopic (exact) mass is 392 g/mol. The van der Waals surface area contributed by atoms with Gasteiger partial charge in [0.15, 0.2) is 5.65 Å². The summed E-state index contributed by atoms with van der Waals surface area (Å²) in [7, 11) is 3.25. The van der Waals surface area contributed by atoms with Gasteiger partial charge >= 0.3 is 5.69 Å². The molecular formula is C21H20N4O4. The number of pyridine rings is 1. The Hall–Kier alpha value is -3.65. The van der Waals surface area contributed by atoms with E-state index in [1.165, 1.54) is 4.57 Å². The van der Waals surface area contributed by atoms with Crippen LogP contribution in [0.25, 0.3) is 22.3 Å². The van der Waals surface area contributed by atoms with Crippen LogP contribution in [0.2, 0.25) is 0 Å². The molecule has 3 aromatic heterocycles. The van der Waals surface area contributed by atoms with Gasteiger partial charge in [0, 0.05) is 31.5 Å². The zero-order valence-corrected chi connectivity index (χ0v) is 16.0. The highest BCUT2D eigenvalue weighted by Crippen LogP contribution is 2.23. The molecule has 148 valence electrons. The SMILES string of the molecule is COC[C@H](NC(=O)c1cccc(-c2cnc3[nH]c(=O)n(C)c3c2)c1)c1ccco1. The molecule has 2 N–H and O–H groups in total. The van der Waals surface area contributed by atoms with Crippen molar-refractivity contribution in [3.63, 3.8) is 0 Å². The lowest BCUT2D eigenvalue weighted by Crippen LogP contribution is -2.31. The summed E-state index contributed by atoms with van der Waals surface area (Å²) in [5.41, 5.74) is 3.12. The summed E-state index contributed by atoms with van der Waals surface area (Å²) < 4.78 is 12.1. The minimum atomic E-state index is -0.390. The van der Waals surface area contributed by atoms with E-state index in [1.54, 1.807) is 50.9 Å². The lowest BCUT2D eigenvalue weighted by atomic mass is 10.0. The van der Waals surface area contributed by atoms with E-state index in [4.69, 9.17) is 9.15 Å². The van der Waals surface area contributed by atoms with E-state index in [0.717, 1.165) is 11.1 Å². The van der Waals surface area contributed by atoms with E-state index in [9.17, 15) is 9.59 Å². The number of carbonyl (C=O) groups excluding carboxylic acids is 1. The molecule has 0 bridgehead atoms. The number of aromatic nitrogens is 3. The quantitative estimate of drug-likeness (QED) is 0.525. The molecule has 0 saturated heterocycles. The zero-order chi connectivity index (χ0) is 20.4. The van der Waals surface area contributed by atoms with E-state index in [0.29, 0.717) is 29.1 Å². The van der Waals surface area contributed by atoms with Gasteiger partial charge in [-0.3, -0.25) is 14.3 Å². The van der Waals surface area contributed by atoms with Crippen molar-refractivity contribution in [3.8, 4) is 11.1 Å². The molecule has 0 spiro atoms. The van der Waals surface area contributed by atoms with Crippen molar-refractivity contribution >= 4 is 17.1 Å². The molecule has 0 aliphatic rings. The van der Waals surface area contributed by atoms with Crippen molar-refractivity contribution in [1.29, 1.82) is 0 Å². The molecule has 8 heteroatoms. The van der Waals surface area contributed by atoms with Crippen LogP contribution in [0.3, 0.4) is 0 Å². The number of hydrogen-bond donors (Lipinski definition) is 2. The third-order valence-electron chi connectivity index (χ3n) is 4.74. The van der Waals surface area contributed by atoms with Gasteiger partial charge in [0.1, 0.15) is 11.8 Å². The number of aryl methyl sites for hydroxylation is 1. The molecule has 0 saturated carbocycles. The highest BCUT2D eigenvalue weighted by Gasteiger charge is 2.18. The van der Waals surface area contributed by atoms with E-state index in [1.807, 2.05) is 18.2 Å². The number of imidazole rings is 1. The van der Waals surface area contributed by atoms with E-state index in [-0.39, 0.29) is 11.6 Å². The number of furan rings is 1. The van der Waals surface area contributed by atoms with Gasteiger partial charge in [-0.15, -0.1) is 0 Å². The number of H-pyrrole nitrogens is 1. The molecule has 0 unspecified atom stereocenters. The highest BCUT2D eigenvalue weighted by molar-refractivity contribution is 5.96. The summed E-state index contributed by atoms with van der Waals surface area (Å²) in [6, 6.07) is 12.3. The second-order valence-electron chi connectivity index (χ2n) is 6.66. The molecule has 1 atom stereocenters. The normalized spacial score (nSPS) is 12.2. The molecule has 0 aliphatic heterocycles. The number of amides is 1. The zero-order valence-electron chi connectivity index (χ0n) is 16.0. The molecular weight excluding hydrogens is 372 g/mol. The number of nitrogens with one attached hydrogen (secondary N) is 2. The third-order valence-corrected chi connectivity index (χ3v) is 4.74. The highest BCUT2D eigenvalue weighted by atomic mass is 16.5. The number of rotatable bonds is 6. The first kappa shape index (κ1) is 18.7. The van der Waals surface area contributed by atoms with Crippen molar-refractivity contribution in [1.82, 2.24) is 19.9 Å². The Labute approximate surface area is 166 Å². The number of aromatic amines is 1. The molecule has 4 aromatic rings. The molecule has 0 aliphatic carbocycles. The van der Waals surface area contributed by atoms with E-state index < -0.39 is 6.04 Å². The lowest BCUT2D eigenvalue weighted by molar-refractivity contribution is 0.0883. The Kier molecular flexibility index (Phi) is 5.01. The summed E-state index contributed by atoms with van der Waals surface area (Å²) in [5.74, 6) is 0.382. The molecule has 4 rings (SSSR count). The molecule has 0 fully saturated rings. The summed E-state index contributed by atoms with van der Waals surface area (Å²) in [6.45, 7) is 0.293. The van der Waals surface area contributed by atoms with Gasteiger partial charge in [0.05, 0.1) is 18.4 Å². The van der Waals surface area contributed by atoms with Crippen molar-refractivity contribution in [2.45, 2.75) is 6.04 Å². The molecule has 1 amide bonds. The average Bonchev–Trinajstić information content (AvgIpc) is 3.36. The van der Waals surface area contributed by atoms with Crippen molar-refractivity contribution in [2.24, 2.45) is 7.05 Å². The number of ether oxygens (including phenoxy) is 1. The fourth-order valence-corrected chi connectivity index (χ4v) is 3.19. The second kappa shape index (κ2) is 7.76. The predicted molar refractivity (Wildman–Crippen MR) is 108 cm³/mol. The molecule has 0 radical (unpaired) electrons. The number of nitrogens with zero attached hydrogens (tertiary/aromatic N) is 2. The maximum Gasteiger partial charge on any atom is 0.327 e. The van der Waals surface area contributed by atoms with Gasteiger partial charge in [0.2, 0.25) is 0 Å². The minimum absolute atomic E-state index is 0.222. The first-order chi connectivity index (χ1) is 14.1. The van der Waals surface area contributed by atoms with Crippen LogP contribution in [0.1, 0.15) is 22.2 Å². The number of fused-ring (bicyclic) bond motifs is 1. The second-order valence-corrected chi connectivity index (χ2v) is 6.66. The molecule has 1 aromatic carbocycles. The lowest BCUT2D eigenvalue weighted by Gasteiger charge is -2.16. The van der Waals surface area contributed by atoms with Crippen LogP contribution in [0, 0.1) is 0 Å². The van der Waals surface area contributed by atoms with Gasteiger partial charge in [-0.05, 0) is 35.9 Å². The maximum absolute atomic E-state index is 12.8. The van der Waals surface area contributed by atoms with Gasteiger partial charge < -0.3 is 14.5 Å². The van der Waals surface area contributed by atoms with Crippen LogP contribution < -0.4 is 11.0 Å². The molecule has 3 heterocycles. The van der Waals surface area contributed by atoms with Crippen molar-refractivity contribution < 1.29 is 13.9 Å². The maximum atomic E-state index is 12.8. The van der Waals surface area contributed by atoms with Gasteiger partial charge in [-0.25, -0.2) is 9.78 Å². The van der Waals surface area contributed by atoms with E-state index >= 15 is 0 Å². The fourth-order valence-electron chi connectivity index (χ4n) is 3.19. The average molecular weight is 392 g/mol. The third kappa shape index (κ3) is 3.70. The summed E-state index contributed by atoms with van der Waals surface area (Å²) in [6.07, 6.45) is 3.23. The fraction of sp³-hybridized carbons (Fsp3) is 0.190. The number of carbonyl (C=O) groups is 1. The Morgan fingerprint density at radius 1 is 1.28 bits per heavy atom. The standard InChI is InChI=1S/C21H20N4O4/c1-25-17-10-15(11-22-19(17)24-21(25)27)13-5-3-6-14(9-13)20(26)23-16(12-28-2)18-7-4-8-29-18/h3-11,16H,12H2,1-2H3,(H,23,26)(H,22,24,27)/t16-/m0/s1. The number of methoxy groups -OCH3 is 1. The Balaban J connectivity index is 1.62. The predicted octanol–water partition coefficient (Wildman–Crippen LogP) is 2.64. The Morgan fingerprint density at radius 3 is 2.90 bits per heavy atom. The van der Waals surface area contributed by atoms with Crippen molar-refractivity contribution in [2.75, 3.05) is 13.7 Å². The summed E-state index contributed by atoms with van der Waals surface area (Å²) >= 11 is 0. The number of benzene rings is 1. The number of hydrogen-bond acceptors (Lipinski definition) is 5. The molecule has 29 heavy (non-hydrogen) atoms. The largest absolute Gasteiger partial charge is 0.467 e. The van der Waals surface area contributed by atoms with Crippen LogP contribution in [-0.4, -0.2) is 34.2 Å². The smallest absolute Gasteiger partial charge is 0.327 e. The summed E-state index contributed by atoms with van der Waals surface area (Å²) in [4.78, 5) is 31.6. The summed E-state index contributed by atoms with van der Waals surface area (Å²) in [5, 5.41) is 2.93. The molecule has 8 nitrogen and oxygen atoms in total. The van der Waals surface area contributed by atoms with Gasteiger partial charge in [-0.2, -0.15) is 0 Å². The van der Waals surface area contributed by atoms with E-state index in [2.05, 4.69) is 15.3 Å².